The molecule has 1 aliphatic rings. The number of hydrogen-bond donors (Lipinski definition) is 1. The van der Waals surface area contributed by atoms with Crippen molar-refractivity contribution >= 4 is 38.3 Å². The maximum atomic E-state index is 6.13. The molecule has 1 aromatic heterocycles. The molecule has 1 fully saturated rings. The van der Waals surface area contributed by atoms with E-state index in [9.17, 15) is 0 Å². The van der Waals surface area contributed by atoms with Gasteiger partial charge in [-0.05, 0) is 29.9 Å². The van der Waals surface area contributed by atoms with Crippen LogP contribution in [0.3, 0.4) is 0 Å². The molecule has 90 valence electrons. The maximum Gasteiger partial charge on any atom is 0.183 e. The van der Waals surface area contributed by atoms with E-state index in [0.29, 0.717) is 5.41 Å². The highest BCUT2D eigenvalue weighted by Crippen LogP contribution is 2.51. The number of thiazole rings is 1. The van der Waals surface area contributed by atoms with Gasteiger partial charge in [-0.25, -0.2) is 4.98 Å². The molecule has 1 unspecified atom stereocenters. The lowest BCUT2D eigenvalue weighted by Crippen LogP contribution is -2.06. The molecule has 0 bridgehead atoms. The fraction of sp³-hybridized carbons (Fsp3) is 0.462. The zero-order valence-electron chi connectivity index (χ0n) is 9.96. The van der Waals surface area contributed by atoms with Gasteiger partial charge in [-0.2, -0.15) is 0 Å². The van der Waals surface area contributed by atoms with Crippen LogP contribution in [-0.4, -0.2) is 11.5 Å². The molecule has 1 atom stereocenters. The number of anilines is 1. The van der Waals surface area contributed by atoms with E-state index in [2.05, 4.69) is 24.1 Å². The van der Waals surface area contributed by atoms with Crippen molar-refractivity contribution in [1.29, 1.82) is 0 Å². The van der Waals surface area contributed by atoms with E-state index in [0.717, 1.165) is 32.8 Å². The first-order chi connectivity index (χ1) is 8.06. The molecule has 1 aliphatic carbocycles. The van der Waals surface area contributed by atoms with E-state index in [1.54, 1.807) is 11.3 Å². The molecule has 2 nitrogen and oxygen atoms in total. The van der Waals surface area contributed by atoms with Crippen LogP contribution in [0, 0.1) is 11.3 Å². The van der Waals surface area contributed by atoms with Gasteiger partial charge in [-0.1, -0.05) is 42.9 Å². The normalized spacial score (nSPS) is 21.7. The molecular weight excluding hydrogens is 252 g/mol. The van der Waals surface area contributed by atoms with Gasteiger partial charge in [0.05, 0.1) is 15.2 Å². The average Bonchev–Trinajstić information content (AvgIpc) is 2.73. The molecule has 17 heavy (non-hydrogen) atoms. The summed E-state index contributed by atoms with van der Waals surface area (Å²) in [4.78, 5) is 4.54. The number of halogens is 1. The first-order valence-corrected chi connectivity index (χ1v) is 7.05. The smallest absolute Gasteiger partial charge is 0.183 e. The minimum atomic E-state index is 0.515. The lowest BCUT2D eigenvalue weighted by Gasteiger charge is -2.03. The van der Waals surface area contributed by atoms with Crippen LogP contribution in [0.5, 0.6) is 0 Å². The first-order valence-electron chi connectivity index (χ1n) is 5.85. The second-order valence-electron chi connectivity index (χ2n) is 5.38. The molecule has 0 spiro atoms. The third-order valence-corrected chi connectivity index (χ3v) is 5.07. The quantitative estimate of drug-likeness (QED) is 0.890. The molecule has 0 saturated heterocycles. The van der Waals surface area contributed by atoms with Gasteiger partial charge in [0.25, 0.3) is 0 Å². The van der Waals surface area contributed by atoms with E-state index in [1.165, 1.54) is 6.42 Å². The minimum absolute atomic E-state index is 0.515. The van der Waals surface area contributed by atoms with Crippen LogP contribution in [0.4, 0.5) is 5.13 Å². The van der Waals surface area contributed by atoms with Crippen molar-refractivity contribution in [3.63, 3.8) is 0 Å². The topological polar surface area (TPSA) is 24.9 Å². The summed E-state index contributed by atoms with van der Waals surface area (Å²) in [6.07, 6.45) is 1.31. The molecule has 4 heteroatoms. The Morgan fingerprint density at radius 1 is 1.53 bits per heavy atom. The van der Waals surface area contributed by atoms with Crippen molar-refractivity contribution in [2.24, 2.45) is 11.3 Å². The predicted octanol–water partition coefficient (Wildman–Crippen LogP) is 4.41. The molecule has 3 rings (SSSR count). The van der Waals surface area contributed by atoms with Crippen LogP contribution in [0.1, 0.15) is 20.3 Å². The van der Waals surface area contributed by atoms with Crippen molar-refractivity contribution in [3.05, 3.63) is 23.2 Å². The Hall–Kier alpha value is -0.800. The Morgan fingerprint density at radius 2 is 2.29 bits per heavy atom. The summed E-state index contributed by atoms with van der Waals surface area (Å²) in [5.74, 6) is 0.782. The van der Waals surface area contributed by atoms with Gasteiger partial charge in [0.1, 0.15) is 0 Å². The fourth-order valence-electron chi connectivity index (χ4n) is 2.13. The Morgan fingerprint density at radius 3 is 2.94 bits per heavy atom. The summed E-state index contributed by atoms with van der Waals surface area (Å²) < 4.78 is 1.08. The summed E-state index contributed by atoms with van der Waals surface area (Å²) in [7, 11) is 0. The second-order valence-corrected chi connectivity index (χ2v) is 6.78. The minimum Gasteiger partial charge on any atom is -0.361 e. The van der Waals surface area contributed by atoms with Gasteiger partial charge >= 0.3 is 0 Å². The summed E-state index contributed by atoms with van der Waals surface area (Å²) >= 11 is 7.77. The number of aromatic nitrogens is 1. The molecule has 1 heterocycles. The number of hydrogen-bond acceptors (Lipinski definition) is 3. The molecule has 1 saturated carbocycles. The fourth-order valence-corrected chi connectivity index (χ4v) is 3.29. The van der Waals surface area contributed by atoms with Gasteiger partial charge in [0.2, 0.25) is 0 Å². The second kappa shape index (κ2) is 3.85. The first kappa shape index (κ1) is 11.3. The number of nitrogens with one attached hydrogen (secondary N) is 1. The highest BCUT2D eigenvalue weighted by molar-refractivity contribution is 7.22. The van der Waals surface area contributed by atoms with Crippen molar-refractivity contribution in [2.75, 3.05) is 11.9 Å². The van der Waals surface area contributed by atoms with Gasteiger partial charge in [-0.3, -0.25) is 0 Å². The van der Waals surface area contributed by atoms with Crippen molar-refractivity contribution in [2.45, 2.75) is 20.3 Å². The van der Waals surface area contributed by atoms with Crippen LogP contribution < -0.4 is 5.32 Å². The molecule has 1 N–H and O–H groups in total. The number of fused-ring (bicyclic) bond motifs is 1. The molecule has 0 aliphatic heterocycles. The van der Waals surface area contributed by atoms with E-state index in [1.807, 2.05) is 18.2 Å². The summed E-state index contributed by atoms with van der Waals surface area (Å²) in [6, 6.07) is 5.86. The van der Waals surface area contributed by atoms with Gasteiger partial charge < -0.3 is 5.32 Å². The summed E-state index contributed by atoms with van der Waals surface area (Å²) in [5.41, 5.74) is 1.50. The SMILES string of the molecule is CC1(C)CC1CNc1nc2cccc(Cl)c2s1. The molecule has 2 aromatic rings. The van der Waals surface area contributed by atoms with Crippen molar-refractivity contribution in [1.82, 2.24) is 4.98 Å². The van der Waals surface area contributed by atoms with Gasteiger partial charge in [0, 0.05) is 6.54 Å². The lowest BCUT2D eigenvalue weighted by molar-refractivity contribution is 0.573. The Balaban J connectivity index is 1.76. The van der Waals surface area contributed by atoms with E-state index >= 15 is 0 Å². The predicted molar refractivity (Wildman–Crippen MR) is 75.0 cm³/mol. The number of benzene rings is 1. The third kappa shape index (κ3) is 2.14. The zero-order chi connectivity index (χ0) is 12.0. The average molecular weight is 267 g/mol. The standard InChI is InChI=1S/C13H15ClN2S/c1-13(2)6-8(13)7-15-12-16-10-5-3-4-9(14)11(10)17-12/h3-5,8H,6-7H2,1-2H3,(H,15,16). The van der Waals surface area contributed by atoms with Crippen LogP contribution in [0.2, 0.25) is 5.02 Å². The van der Waals surface area contributed by atoms with E-state index in [4.69, 9.17) is 11.6 Å². The van der Waals surface area contributed by atoms with Crippen LogP contribution in [0.25, 0.3) is 10.2 Å². The van der Waals surface area contributed by atoms with Crippen LogP contribution >= 0.6 is 22.9 Å². The van der Waals surface area contributed by atoms with Crippen LogP contribution in [0.15, 0.2) is 18.2 Å². The number of nitrogens with zero attached hydrogens (tertiary/aromatic N) is 1. The van der Waals surface area contributed by atoms with Crippen molar-refractivity contribution in [3.8, 4) is 0 Å². The molecule has 0 amide bonds. The monoisotopic (exact) mass is 266 g/mol. The maximum absolute atomic E-state index is 6.13. The molecule has 0 radical (unpaired) electrons. The molecule has 1 aromatic carbocycles. The van der Waals surface area contributed by atoms with E-state index < -0.39 is 0 Å². The molecular formula is C13H15ClN2S. The lowest BCUT2D eigenvalue weighted by atomic mass is 10.1. The van der Waals surface area contributed by atoms with Crippen LogP contribution in [-0.2, 0) is 0 Å². The van der Waals surface area contributed by atoms with Gasteiger partial charge in [-0.15, -0.1) is 0 Å². The Bertz CT molecular complexity index is 562. The zero-order valence-corrected chi connectivity index (χ0v) is 11.5. The van der Waals surface area contributed by atoms with Crippen molar-refractivity contribution < 1.29 is 0 Å². The Kier molecular flexibility index (Phi) is 2.56. The Labute approximate surface area is 110 Å². The summed E-state index contributed by atoms with van der Waals surface area (Å²) in [5, 5.41) is 5.20. The highest BCUT2D eigenvalue weighted by Gasteiger charge is 2.45. The largest absolute Gasteiger partial charge is 0.361 e. The van der Waals surface area contributed by atoms with Gasteiger partial charge in [0.15, 0.2) is 5.13 Å². The number of rotatable bonds is 3. The third-order valence-electron chi connectivity index (χ3n) is 3.58. The summed E-state index contributed by atoms with van der Waals surface area (Å²) in [6.45, 7) is 5.65. The highest BCUT2D eigenvalue weighted by atomic mass is 35.5. The van der Waals surface area contributed by atoms with E-state index in [-0.39, 0.29) is 0 Å².